The lowest BCUT2D eigenvalue weighted by Crippen LogP contribution is -2.10. The van der Waals surface area contributed by atoms with Gasteiger partial charge in [0.15, 0.2) is 3.79 Å². The lowest BCUT2D eigenvalue weighted by molar-refractivity contribution is 0.675. The molecule has 0 aromatic rings. The smallest absolute Gasteiger partial charge is 0.120 e. The highest BCUT2D eigenvalue weighted by Crippen LogP contribution is 2.33. The normalized spacial score (nSPS) is 15.2. The molecule has 74 valence electrons. The van der Waals surface area contributed by atoms with Crippen molar-refractivity contribution >= 4 is 69.6 Å². The standard InChI is InChI=1S/C6H8Cl6/c7-4(5(8)9)2-1-3-6(10,11)12/h4-5H,1-3H2. The predicted molar refractivity (Wildman–Crippen MR) is 59.3 cm³/mol. The highest BCUT2D eigenvalue weighted by atomic mass is 35.6. The molecule has 0 aliphatic rings. The van der Waals surface area contributed by atoms with Crippen molar-refractivity contribution in [3.8, 4) is 0 Å². The molecule has 0 aliphatic heterocycles. The molecular formula is C6H8Cl6. The third-order valence-corrected chi connectivity index (χ3v) is 3.12. The monoisotopic (exact) mass is 290 g/mol. The molecule has 0 aliphatic carbocycles. The molecular weight excluding hydrogens is 285 g/mol. The summed E-state index contributed by atoms with van der Waals surface area (Å²) in [6.45, 7) is 0. The third kappa shape index (κ3) is 8.34. The lowest BCUT2D eigenvalue weighted by atomic mass is 10.2. The van der Waals surface area contributed by atoms with Gasteiger partial charge in [0.1, 0.15) is 4.84 Å². The van der Waals surface area contributed by atoms with Gasteiger partial charge in [-0.2, -0.15) is 0 Å². The molecule has 1 atom stereocenters. The van der Waals surface area contributed by atoms with Gasteiger partial charge in [-0.1, -0.05) is 34.8 Å². The molecule has 12 heavy (non-hydrogen) atoms. The van der Waals surface area contributed by atoms with E-state index in [1.165, 1.54) is 0 Å². The summed E-state index contributed by atoms with van der Waals surface area (Å²) in [6, 6.07) is 0. The fourth-order valence-electron chi connectivity index (χ4n) is 0.623. The maximum absolute atomic E-state index is 5.75. The second kappa shape index (κ2) is 6.27. The first kappa shape index (κ1) is 13.7. The van der Waals surface area contributed by atoms with Crippen LogP contribution in [0.15, 0.2) is 0 Å². The van der Waals surface area contributed by atoms with Crippen LogP contribution in [0.4, 0.5) is 0 Å². The van der Waals surface area contributed by atoms with Gasteiger partial charge in [-0.15, -0.1) is 34.8 Å². The molecule has 0 amide bonds. The number of rotatable bonds is 4. The van der Waals surface area contributed by atoms with Gasteiger partial charge < -0.3 is 0 Å². The van der Waals surface area contributed by atoms with E-state index in [0.29, 0.717) is 19.3 Å². The van der Waals surface area contributed by atoms with E-state index >= 15 is 0 Å². The molecule has 0 aromatic carbocycles. The molecule has 0 rings (SSSR count). The van der Waals surface area contributed by atoms with Gasteiger partial charge in [-0.3, -0.25) is 0 Å². The highest BCUT2D eigenvalue weighted by molar-refractivity contribution is 6.67. The van der Waals surface area contributed by atoms with Crippen LogP contribution in [0.3, 0.4) is 0 Å². The Kier molecular flexibility index (Phi) is 7.17. The van der Waals surface area contributed by atoms with E-state index in [-0.39, 0.29) is 5.38 Å². The van der Waals surface area contributed by atoms with Crippen molar-refractivity contribution < 1.29 is 0 Å². The second-order valence-corrected chi connectivity index (χ2v) is 6.60. The van der Waals surface area contributed by atoms with Crippen LogP contribution in [0.25, 0.3) is 0 Å². The summed E-state index contributed by atoms with van der Waals surface area (Å²) in [5, 5.41) is -0.277. The fourth-order valence-corrected chi connectivity index (χ4v) is 1.43. The Labute approximate surface area is 102 Å². The van der Waals surface area contributed by atoms with Crippen LogP contribution in [0.2, 0.25) is 0 Å². The van der Waals surface area contributed by atoms with Gasteiger partial charge in [0.25, 0.3) is 0 Å². The van der Waals surface area contributed by atoms with Crippen molar-refractivity contribution in [3.05, 3.63) is 0 Å². The summed E-state index contributed by atoms with van der Waals surface area (Å²) < 4.78 is -1.20. The number of hydrogen-bond donors (Lipinski definition) is 0. The zero-order chi connectivity index (χ0) is 9.78. The Morgan fingerprint density at radius 1 is 1.00 bits per heavy atom. The van der Waals surface area contributed by atoms with Gasteiger partial charge >= 0.3 is 0 Å². The zero-order valence-electron chi connectivity index (χ0n) is 6.04. The molecule has 1 unspecified atom stereocenters. The maximum Gasteiger partial charge on any atom is 0.190 e. The van der Waals surface area contributed by atoms with E-state index in [2.05, 4.69) is 0 Å². The Morgan fingerprint density at radius 3 is 1.83 bits per heavy atom. The van der Waals surface area contributed by atoms with Crippen LogP contribution >= 0.6 is 69.6 Å². The number of halogens is 6. The Hall–Kier alpha value is 1.74. The van der Waals surface area contributed by atoms with E-state index in [1.807, 2.05) is 0 Å². The average molecular weight is 293 g/mol. The Bertz CT molecular complexity index is 118. The van der Waals surface area contributed by atoms with Crippen molar-refractivity contribution in [2.24, 2.45) is 0 Å². The quantitative estimate of drug-likeness (QED) is 0.644. The minimum absolute atomic E-state index is 0.277. The van der Waals surface area contributed by atoms with Crippen LogP contribution < -0.4 is 0 Å². The summed E-state index contributed by atoms with van der Waals surface area (Å²) in [6.07, 6.45) is 1.80. The SMILES string of the molecule is ClC(Cl)C(Cl)CCCC(Cl)(Cl)Cl. The van der Waals surface area contributed by atoms with E-state index in [0.717, 1.165) is 0 Å². The zero-order valence-corrected chi connectivity index (χ0v) is 10.6. The number of alkyl halides is 6. The van der Waals surface area contributed by atoms with Crippen molar-refractivity contribution in [2.45, 2.75) is 33.3 Å². The van der Waals surface area contributed by atoms with Crippen molar-refractivity contribution in [2.75, 3.05) is 0 Å². The van der Waals surface area contributed by atoms with Gasteiger partial charge in [-0.25, -0.2) is 0 Å². The molecule has 6 heteroatoms. The average Bonchev–Trinajstić information content (AvgIpc) is 1.84. The number of hydrogen-bond acceptors (Lipinski definition) is 0. The fraction of sp³-hybridized carbons (Fsp3) is 1.00. The largest absolute Gasteiger partial charge is 0.190 e. The predicted octanol–water partition coefficient (Wildman–Crippen LogP) is 4.94. The van der Waals surface area contributed by atoms with Crippen molar-refractivity contribution in [1.29, 1.82) is 0 Å². The van der Waals surface area contributed by atoms with Crippen molar-refractivity contribution in [1.82, 2.24) is 0 Å². The van der Waals surface area contributed by atoms with Crippen LogP contribution in [-0.4, -0.2) is 14.0 Å². The minimum atomic E-state index is -1.20. The van der Waals surface area contributed by atoms with Gasteiger partial charge in [0, 0.05) is 0 Å². The summed E-state index contributed by atoms with van der Waals surface area (Å²) in [7, 11) is 0. The van der Waals surface area contributed by atoms with Gasteiger partial charge in [-0.05, 0) is 19.3 Å². The first-order valence-electron chi connectivity index (χ1n) is 3.32. The first-order chi connectivity index (χ1) is 5.33. The summed E-state index contributed by atoms with van der Waals surface area (Å²) in [5.41, 5.74) is 0. The Balaban J connectivity index is 3.44. The van der Waals surface area contributed by atoms with E-state index in [4.69, 9.17) is 69.6 Å². The van der Waals surface area contributed by atoms with Gasteiger partial charge in [0.2, 0.25) is 0 Å². The summed E-state index contributed by atoms with van der Waals surface area (Å²) in [5.74, 6) is 0. The topological polar surface area (TPSA) is 0 Å². The molecule has 0 fully saturated rings. The lowest BCUT2D eigenvalue weighted by Gasteiger charge is -2.13. The van der Waals surface area contributed by atoms with Crippen LogP contribution in [0.1, 0.15) is 19.3 Å². The first-order valence-corrected chi connectivity index (χ1v) is 5.76. The molecule has 0 aromatic heterocycles. The molecule has 0 bridgehead atoms. The van der Waals surface area contributed by atoms with Crippen molar-refractivity contribution in [3.63, 3.8) is 0 Å². The van der Waals surface area contributed by atoms with Crippen LogP contribution in [-0.2, 0) is 0 Å². The van der Waals surface area contributed by atoms with E-state index < -0.39 is 8.63 Å². The molecule has 0 nitrogen and oxygen atoms in total. The van der Waals surface area contributed by atoms with E-state index in [1.54, 1.807) is 0 Å². The maximum atomic E-state index is 5.75. The summed E-state index contributed by atoms with van der Waals surface area (Å²) >= 11 is 33.3. The summed E-state index contributed by atoms with van der Waals surface area (Å²) in [4.78, 5) is -0.568. The molecule has 0 saturated heterocycles. The van der Waals surface area contributed by atoms with Crippen LogP contribution in [0, 0.1) is 0 Å². The Morgan fingerprint density at radius 2 is 1.50 bits per heavy atom. The molecule has 0 N–H and O–H groups in total. The molecule has 0 spiro atoms. The highest BCUT2D eigenvalue weighted by Gasteiger charge is 2.20. The third-order valence-electron chi connectivity index (χ3n) is 1.21. The molecule has 0 saturated carbocycles. The molecule has 0 heterocycles. The van der Waals surface area contributed by atoms with Crippen LogP contribution in [0.5, 0.6) is 0 Å². The van der Waals surface area contributed by atoms with Gasteiger partial charge in [0.05, 0.1) is 5.38 Å². The van der Waals surface area contributed by atoms with E-state index in [9.17, 15) is 0 Å². The minimum Gasteiger partial charge on any atom is -0.120 e. The molecule has 0 radical (unpaired) electrons. The second-order valence-electron chi connectivity index (χ2n) is 2.36.